The van der Waals surface area contributed by atoms with Crippen LogP contribution in [0.1, 0.15) is 42.1 Å². The molecule has 0 spiro atoms. The van der Waals surface area contributed by atoms with Crippen LogP contribution < -0.4 is 10.1 Å². The highest BCUT2D eigenvalue weighted by Crippen LogP contribution is 2.17. The zero-order chi connectivity index (χ0) is 16.8. The Hall–Kier alpha value is -2.29. The van der Waals surface area contributed by atoms with Gasteiger partial charge in [0.25, 0.3) is 5.91 Å². The van der Waals surface area contributed by atoms with Gasteiger partial charge in [0.1, 0.15) is 5.75 Å². The lowest BCUT2D eigenvalue weighted by Gasteiger charge is -2.15. The standard InChI is InChI=1S/C20H25NO2/c1-5-17-6-8-18(9-7-17)16(4)21-20(22)13-23-19-11-14(2)10-15(3)12-19/h6-12,16H,5,13H2,1-4H3,(H,21,22). The minimum atomic E-state index is -0.115. The second kappa shape index (κ2) is 7.82. The molecule has 0 aliphatic heterocycles. The summed E-state index contributed by atoms with van der Waals surface area (Å²) in [5.74, 6) is 0.619. The van der Waals surface area contributed by atoms with Crippen LogP contribution in [0.4, 0.5) is 0 Å². The highest BCUT2D eigenvalue weighted by atomic mass is 16.5. The predicted molar refractivity (Wildman–Crippen MR) is 93.8 cm³/mol. The van der Waals surface area contributed by atoms with Crippen molar-refractivity contribution in [3.63, 3.8) is 0 Å². The van der Waals surface area contributed by atoms with E-state index in [0.717, 1.165) is 28.9 Å². The van der Waals surface area contributed by atoms with Gasteiger partial charge in [-0.2, -0.15) is 0 Å². The smallest absolute Gasteiger partial charge is 0.258 e. The Morgan fingerprint density at radius 1 is 1.09 bits per heavy atom. The number of hydrogen-bond acceptors (Lipinski definition) is 2. The first-order valence-corrected chi connectivity index (χ1v) is 8.07. The first-order chi connectivity index (χ1) is 11.0. The average Bonchev–Trinajstić information content (AvgIpc) is 2.52. The van der Waals surface area contributed by atoms with E-state index in [1.807, 2.05) is 32.9 Å². The predicted octanol–water partition coefficient (Wildman–Crippen LogP) is 4.12. The molecule has 0 aliphatic rings. The van der Waals surface area contributed by atoms with Gasteiger partial charge in [-0.25, -0.2) is 0 Å². The molecule has 2 aromatic rings. The summed E-state index contributed by atoms with van der Waals surface area (Å²) in [5, 5.41) is 2.97. The molecule has 0 fully saturated rings. The van der Waals surface area contributed by atoms with Crippen LogP contribution in [0.2, 0.25) is 0 Å². The average molecular weight is 311 g/mol. The number of rotatable bonds is 6. The molecule has 0 saturated carbocycles. The van der Waals surface area contributed by atoms with Crippen molar-refractivity contribution in [3.05, 3.63) is 64.7 Å². The molecule has 0 heterocycles. The maximum atomic E-state index is 12.1. The van der Waals surface area contributed by atoms with E-state index < -0.39 is 0 Å². The van der Waals surface area contributed by atoms with Gasteiger partial charge in [0, 0.05) is 0 Å². The van der Waals surface area contributed by atoms with Crippen molar-refractivity contribution in [2.75, 3.05) is 6.61 Å². The molecule has 0 bridgehead atoms. The molecular formula is C20H25NO2. The molecule has 2 rings (SSSR count). The third-order valence-electron chi connectivity index (χ3n) is 3.83. The highest BCUT2D eigenvalue weighted by molar-refractivity contribution is 5.78. The van der Waals surface area contributed by atoms with Crippen LogP contribution in [-0.4, -0.2) is 12.5 Å². The molecule has 23 heavy (non-hydrogen) atoms. The maximum Gasteiger partial charge on any atom is 0.258 e. The molecule has 0 radical (unpaired) electrons. The number of carbonyl (C=O) groups is 1. The second-order valence-electron chi connectivity index (χ2n) is 6.00. The van der Waals surface area contributed by atoms with E-state index in [4.69, 9.17) is 4.74 Å². The zero-order valence-corrected chi connectivity index (χ0v) is 14.3. The number of aryl methyl sites for hydroxylation is 3. The van der Waals surface area contributed by atoms with E-state index in [0.29, 0.717) is 0 Å². The molecule has 3 heteroatoms. The fourth-order valence-electron chi connectivity index (χ4n) is 2.57. The van der Waals surface area contributed by atoms with Gasteiger partial charge in [0.2, 0.25) is 0 Å². The number of amides is 1. The van der Waals surface area contributed by atoms with Gasteiger partial charge in [0.15, 0.2) is 6.61 Å². The van der Waals surface area contributed by atoms with Gasteiger partial charge in [-0.15, -0.1) is 0 Å². The Labute approximate surface area is 138 Å². The largest absolute Gasteiger partial charge is 0.484 e. The fraction of sp³-hybridized carbons (Fsp3) is 0.350. The van der Waals surface area contributed by atoms with Gasteiger partial charge in [-0.3, -0.25) is 4.79 Å². The number of nitrogens with one attached hydrogen (secondary N) is 1. The number of carbonyl (C=O) groups excluding carboxylic acids is 1. The van der Waals surface area contributed by atoms with Crippen LogP contribution in [0.5, 0.6) is 5.75 Å². The summed E-state index contributed by atoms with van der Waals surface area (Å²) >= 11 is 0. The number of hydrogen-bond donors (Lipinski definition) is 1. The first kappa shape index (κ1) is 17.1. The Balaban J connectivity index is 1.88. The Bertz CT molecular complexity index is 642. The van der Waals surface area contributed by atoms with Crippen LogP contribution in [0.3, 0.4) is 0 Å². The minimum Gasteiger partial charge on any atom is -0.484 e. The molecule has 1 atom stereocenters. The zero-order valence-electron chi connectivity index (χ0n) is 14.3. The summed E-state index contributed by atoms with van der Waals surface area (Å²) in [4.78, 5) is 12.1. The third kappa shape index (κ3) is 5.13. The van der Waals surface area contributed by atoms with E-state index in [1.54, 1.807) is 0 Å². The lowest BCUT2D eigenvalue weighted by molar-refractivity contribution is -0.123. The Kier molecular flexibility index (Phi) is 5.80. The monoisotopic (exact) mass is 311 g/mol. The molecule has 3 nitrogen and oxygen atoms in total. The number of ether oxygens (including phenoxy) is 1. The van der Waals surface area contributed by atoms with Gasteiger partial charge < -0.3 is 10.1 Å². The number of benzene rings is 2. The summed E-state index contributed by atoms with van der Waals surface area (Å²) in [7, 11) is 0. The van der Waals surface area contributed by atoms with Crippen LogP contribution in [0.25, 0.3) is 0 Å². The van der Waals surface area contributed by atoms with Crippen molar-refractivity contribution >= 4 is 5.91 Å². The van der Waals surface area contributed by atoms with Crippen molar-refractivity contribution < 1.29 is 9.53 Å². The van der Waals surface area contributed by atoms with E-state index in [1.165, 1.54) is 5.56 Å². The molecule has 1 unspecified atom stereocenters. The molecule has 0 aliphatic carbocycles. The Morgan fingerprint density at radius 3 is 2.26 bits per heavy atom. The van der Waals surface area contributed by atoms with Gasteiger partial charge in [0.05, 0.1) is 6.04 Å². The van der Waals surface area contributed by atoms with Gasteiger partial charge >= 0.3 is 0 Å². The quantitative estimate of drug-likeness (QED) is 0.871. The van der Waals surface area contributed by atoms with Crippen molar-refractivity contribution in [3.8, 4) is 5.75 Å². The summed E-state index contributed by atoms with van der Waals surface area (Å²) < 4.78 is 5.59. The Morgan fingerprint density at radius 2 is 1.70 bits per heavy atom. The van der Waals surface area contributed by atoms with Crippen molar-refractivity contribution in [1.82, 2.24) is 5.32 Å². The van der Waals surface area contributed by atoms with Crippen molar-refractivity contribution in [2.24, 2.45) is 0 Å². The lowest BCUT2D eigenvalue weighted by atomic mass is 10.1. The van der Waals surface area contributed by atoms with Crippen LogP contribution in [0.15, 0.2) is 42.5 Å². The van der Waals surface area contributed by atoms with E-state index in [-0.39, 0.29) is 18.6 Å². The van der Waals surface area contributed by atoms with Crippen molar-refractivity contribution in [2.45, 2.75) is 40.2 Å². The molecule has 122 valence electrons. The molecule has 0 saturated heterocycles. The van der Waals surface area contributed by atoms with Gasteiger partial charge in [-0.05, 0) is 61.6 Å². The highest BCUT2D eigenvalue weighted by Gasteiger charge is 2.10. The maximum absolute atomic E-state index is 12.1. The normalized spacial score (nSPS) is 11.8. The van der Waals surface area contributed by atoms with Crippen LogP contribution in [0, 0.1) is 13.8 Å². The van der Waals surface area contributed by atoms with E-state index >= 15 is 0 Å². The molecular weight excluding hydrogens is 286 g/mol. The summed E-state index contributed by atoms with van der Waals surface area (Å²) in [5.41, 5.74) is 4.65. The second-order valence-corrected chi connectivity index (χ2v) is 6.00. The molecule has 0 aromatic heterocycles. The van der Waals surface area contributed by atoms with Crippen molar-refractivity contribution in [1.29, 1.82) is 0 Å². The molecule has 2 aromatic carbocycles. The summed E-state index contributed by atoms with van der Waals surface area (Å²) in [6.07, 6.45) is 1.02. The summed E-state index contributed by atoms with van der Waals surface area (Å²) in [6.45, 7) is 8.17. The minimum absolute atomic E-state index is 0.0281. The van der Waals surface area contributed by atoms with E-state index in [2.05, 4.69) is 42.6 Å². The third-order valence-corrected chi connectivity index (χ3v) is 3.83. The molecule has 1 N–H and O–H groups in total. The topological polar surface area (TPSA) is 38.3 Å². The lowest BCUT2D eigenvalue weighted by Crippen LogP contribution is -2.31. The molecule has 1 amide bonds. The van der Waals surface area contributed by atoms with Crippen LogP contribution in [-0.2, 0) is 11.2 Å². The summed E-state index contributed by atoms with van der Waals surface area (Å²) in [6, 6.07) is 14.3. The van der Waals surface area contributed by atoms with Crippen LogP contribution >= 0.6 is 0 Å². The first-order valence-electron chi connectivity index (χ1n) is 8.07. The SMILES string of the molecule is CCc1ccc(C(C)NC(=O)COc2cc(C)cc(C)c2)cc1. The van der Waals surface area contributed by atoms with Gasteiger partial charge in [-0.1, -0.05) is 37.3 Å². The fourth-order valence-corrected chi connectivity index (χ4v) is 2.57. The van der Waals surface area contributed by atoms with E-state index in [9.17, 15) is 4.79 Å².